The van der Waals surface area contributed by atoms with Gasteiger partial charge in [0.1, 0.15) is 0 Å². The molecule has 1 aromatic carbocycles. The quantitative estimate of drug-likeness (QED) is 0.728. The lowest BCUT2D eigenvalue weighted by atomic mass is 9.79. The number of hydrogen-bond acceptors (Lipinski definition) is 5. The Balaban J connectivity index is 1.72. The van der Waals surface area contributed by atoms with Crippen molar-refractivity contribution < 1.29 is 17.7 Å². The summed E-state index contributed by atoms with van der Waals surface area (Å²) in [6, 6.07) is 7.34. The summed E-state index contributed by atoms with van der Waals surface area (Å²) in [7, 11) is -3.96. The monoisotopic (exact) mass is 394 g/mol. The Kier molecular flexibility index (Phi) is 5.51. The second-order valence-electron chi connectivity index (χ2n) is 8.69. The standard InChI is InChI=1S/C19H31BN2O4S/c1-15(2)21-11-13-22(14-12-21)27(23,24)17-9-7-16(8-10-17)20-25-18(3,4)19(5,6)26-20/h7-10,15H,11-14H2,1-6H3. The summed E-state index contributed by atoms with van der Waals surface area (Å²) in [5.41, 5.74) is -0.00554. The average Bonchev–Trinajstić information content (AvgIpc) is 2.83. The minimum Gasteiger partial charge on any atom is -0.399 e. The fraction of sp³-hybridized carbons (Fsp3) is 0.684. The van der Waals surface area contributed by atoms with Crippen LogP contribution >= 0.6 is 0 Å². The van der Waals surface area contributed by atoms with Crippen LogP contribution in [-0.2, 0) is 19.3 Å². The van der Waals surface area contributed by atoms with Crippen molar-refractivity contribution in [1.29, 1.82) is 0 Å². The summed E-state index contributed by atoms with van der Waals surface area (Å²) in [6.45, 7) is 14.9. The van der Waals surface area contributed by atoms with E-state index < -0.39 is 28.3 Å². The molecule has 0 amide bonds. The molecule has 1 aromatic rings. The molecule has 2 saturated heterocycles. The van der Waals surface area contributed by atoms with Gasteiger partial charge in [0.2, 0.25) is 10.0 Å². The van der Waals surface area contributed by atoms with Crippen molar-refractivity contribution in [2.75, 3.05) is 26.2 Å². The molecule has 0 bridgehead atoms. The highest BCUT2D eigenvalue weighted by Gasteiger charge is 2.51. The van der Waals surface area contributed by atoms with Gasteiger partial charge in [0, 0.05) is 32.2 Å². The number of benzene rings is 1. The topological polar surface area (TPSA) is 59.1 Å². The molecule has 0 saturated carbocycles. The smallest absolute Gasteiger partial charge is 0.399 e. The summed E-state index contributed by atoms with van der Waals surface area (Å²) in [5, 5.41) is 0. The largest absolute Gasteiger partial charge is 0.494 e. The highest BCUT2D eigenvalue weighted by molar-refractivity contribution is 7.89. The minimum atomic E-state index is -3.47. The van der Waals surface area contributed by atoms with Crippen molar-refractivity contribution in [3.63, 3.8) is 0 Å². The maximum absolute atomic E-state index is 12.9. The molecular formula is C19H31BN2O4S. The number of rotatable bonds is 4. The molecular weight excluding hydrogens is 363 g/mol. The first-order valence-corrected chi connectivity index (χ1v) is 11.1. The van der Waals surface area contributed by atoms with Gasteiger partial charge in [0.15, 0.2) is 0 Å². The molecule has 0 aliphatic carbocycles. The number of sulfonamides is 1. The van der Waals surface area contributed by atoms with E-state index in [0.29, 0.717) is 24.0 Å². The van der Waals surface area contributed by atoms with Crippen molar-refractivity contribution in [1.82, 2.24) is 9.21 Å². The van der Waals surface area contributed by atoms with Gasteiger partial charge in [-0.05, 0) is 59.1 Å². The first-order valence-electron chi connectivity index (χ1n) is 9.64. The van der Waals surface area contributed by atoms with Crippen LogP contribution in [0.25, 0.3) is 0 Å². The molecule has 0 atom stereocenters. The van der Waals surface area contributed by atoms with E-state index >= 15 is 0 Å². The zero-order valence-electron chi connectivity index (χ0n) is 17.2. The van der Waals surface area contributed by atoms with Gasteiger partial charge in [0.25, 0.3) is 0 Å². The molecule has 2 aliphatic heterocycles. The summed E-state index contributed by atoms with van der Waals surface area (Å²) in [6.07, 6.45) is 0. The molecule has 0 radical (unpaired) electrons. The zero-order chi connectivity index (χ0) is 20.0. The summed E-state index contributed by atoms with van der Waals surface area (Å²) < 4.78 is 39.6. The van der Waals surface area contributed by atoms with Crippen LogP contribution in [0.1, 0.15) is 41.5 Å². The van der Waals surface area contributed by atoms with Crippen LogP contribution in [0, 0.1) is 0 Å². The van der Waals surface area contributed by atoms with Crippen LogP contribution in [-0.4, -0.2) is 68.2 Å². The van der Waals surface area contributed by atoms with E-state index in [1.54, 1.807) is 28.6 Å². The van der Waals surface area contributed by atoms with Gasteiger partial charge in [-0.3, -0.25) is 4.90 Å². The maximum atomic E-state index is 12.9. The van der Waals surface area contributed by atoms with Crippen LogP contribution in [0.15, 0.2) is 29.2 Å². The van der Waals surface area contributed by atoms with Crippen molar-refractivity contribution in [3.05, 3.63) is 24.3 Å². The number of piperazine rings is 1. The first kappa shape index (κ1) is 20.8. The Morgan fingerprint density at radius 1 is 0.926 bits per heavy atom. The van der Waals surface area contributed by atoms with Gasteiger partial charge in [-0.25, -0.2) is 8.42 Å². The Morgan fingerprint density at radius 2 is 1.41 bits per heavy atom. The van der Waals surface area contributed by atoms with E-state index in [9.17, 15) is 8.42 Å². The first-order chi connectivity index (χ1) is 12.4. The molecule has 27 heavy (non-hydrogen) atoms. The molecule has 8 heteroatoms. The Morgan fingerprint density at radius 3 is 1.85 bits per heavy atom. The summed E-state index contributed by atoms with van der Waals surface area (Å²) in [4.78, 5) is 2.62. The van der Waals surface area contributed by atoms with Crippen molar-refractivity contribution in [2.24, 2.45) is 0 Å². The van der Waals surface area contributed by atoms with Crippen molar-refractivity contribution in [2.45, 2.75) is 63.7 Å². The zero-order valence-corrected chi connectivity index (χ0v) is 18.0. The fourth-order valence-corrected chi connectivity index (χ4v) is 4.81. The third kappa shape index (κ3) is 3.96. The predicted octanol–water partition coefficient (Wildman–Crippen LogP) is 1.70. The van der Waals surface area contributed by atoms with Crippen molar-refractivity contribution >= 4 is 22.6 Å². The van der Waals surface area contributed by atoms with E-state index in [0.717, 1.165) is 18.6 Å². The number of nitrogens with zero attached hydrogens (tertiary/aromatic N) is 2. The van der Waals surface area contributed by atoms with Gasteiger partial charge in [-0.15, -0.1) is 0 Å². The van der Waals surface area contributed by atoms with Crippen LogP contribution < -0.4 is 5.46 Å². The molecule has 0 N–H and O–H groups in total. The van der Waals surface area contributed by atoms with Crippen LogP contribution in [0.3, 0.4) is 0 Å². The third-order valence-corrected chi connectivity index (χ3v) is 7.96. The molecule has 2 heterocycles. The van der Waals surface area contributed by atoms with Gasteiger partial charge in [0.05, 0.1) is 16.1 Å². The van der Waals surface area contributed by atoms with Crippen LogP contribution in [0.2, 0.25) is 0 Å². The average molecular weight is 394 g/mol. The second kappa shape index (κ2) is 7.15. The Labute approximate surface area is 164 Å². The van der Waals surface area contributed by atoms with E-state index in [2.05, 4.69) is 18.7 Å². The fourth-order valence-electron chi connectivity index (χ4n) is 3.39. The molecule has 0 unspecified atom stereocenters. The van der Waals surface area contributed by atoms with Gasteiger partial charge >= 0.3 is 7.12 Å². The predicted molar refractivity (Wildman–Crippen MR) is 108 cm³/mol. The summed E-state index contributed by atoms with van der Waals surface area (Å²) in [5.74, 6) is 0. The van der Waals surface area contributed by atoms with E-state index in [1.807, 2.05) is 27.7 Å². The maximum Gasteiger partial charge on any atom is 0.494 e. The minimum absolute atomic E-state index is 0.320. The molecule has 0 spiro atoms. The molecule has 2 aliphatic rings. The molecule has 150 valence electrons. The second-order valence-corrected chi connectivity index (χ2v) is 10.6. The Bertz CT molecular complexity index is 753. The van der Waals surface area contributed by atoms with Crippen LogP contribution in [0.5, 0.6) is 0 Å². The SMILES string of the molecule is CC(C)N1CCN(S(=O)(=O)c2ccc(B3OC(C)(C)C(C)(C)O3)cc2)CC1. The highest BCUT2D eigenvalue weighted by atomic mass is 32.2. The van der Waals surface area contributed by atoms with E-state index in [-0.39, 0.29) is 0 Å². The molecule has 0 aromatic heterocycles. The summed E-state index contributed by atoms with van der Waals surface area (Å²) >= 11 is 0. The van der Waals surface area contributed by atoms with Crippen LogP contribution in [0.4, 0.5) is 0 Å². The lowest BCUT2D eigenvalue weighted by Gasteiger charge is -2.36. The molecule has 2 fully saturated rings. The lowest BCUT2D eigenvalue weighted by Crippen LogP contribution is -2.50. The number of hydrogen-bond donors (Lipinski definition) is 0. The normalized spacial score (nSPS) is 23.9. The molecule has 6 nitrogen and oxygen atoms in total. The van der Waals surface area contributed by atoms with E-state index in [1.165, 1.54) is 0 Å². The molecule has 3 rings (SSSR count). The van der Waals surface area contributed by atoms with Gasteiger partial charge in [-0.1, -0.05) is 12.1 Å². The van der Waals surface area contributed by atoms with Crippen molar-refractivity contribution in [3.8, 4) is 0 Å². The Hall–Kier alpha value is -0.925. The van der Waals surface area contributed by atoms with E-state index in [4.69, 9.17) is 9.31 Å². The highest BCUT2D eigenvalue weighted by Crippen LogP contribution is 2.36. The lowest BCUT2D eigenvalue weighted by molar-refractivity contribution is 0.00578. The van der Waals surface area contributed by atoms with Gasteiger partial charge in [-0.2, -0.15) is 4.31 Å². The third-order valence-electron chi connectivity index (χ3n) is 6.05. The van der Waals surface area contributed by atoms with Gasteiger partial charge < -0.3 is 9.31 Å².